The summed E-state index contributed by atoms with van der Waals surface area (Å²) in [6.45, 7) is 4.61. The van der Waals surface area contributed by atoms with E-state index in [0.29, 0.717) is 0 Å². The Morgan fingerprint density at radius 2 is 1.88 bits per heavy atom. The number of carbonyl (C=O) groups excluding carboxylic acids is 1. The van der Waals surface area contributed by atoms with E-state index in [4.69, 9.17) is 9.84 Å². The fourth-order valence-corrected chi connectivity index (χ4v) is 0.789. The molecule has 0 saturated carbocycles. The Bertz CT molecular complexity index is 235. The Balaban J connectivity index is 3.79. The Hall–Kier alpha value is -0.980. The number of halogens is 3. The minimum absolute atomic E-state index is 0.296. The van der Waals surface area contributed by atoms with E-state index in [0.717, 1.165) is 0 Å². The van der Waals surface area contributed by atoms with Crippen LogP contribution in [0.15, 0.2) is 0 Å². The molecule has 0 aliphatic rings. The third-order valence-corrected chi connectivity index (χ3v) is 1.46. The van der Waals surface area contributed by atoms with E-state index in [9.17, 15) is 18.0 Å². The van der Waals surface area contributed by atoms with Crippen LogP contribution in [-0.2, 0) is 4.74 Å². The summed E-state index contributed by atoms with van der Waals surface area (Å²) in [5, 5.41) is 10.7. The SMILES string of the molecule is CC(C)(C)OC(=O)NCCC(O)C(F)(F)F. The van der Waals surface area contributed by atoms with Crippen LogP contribution in [0.1, 0.15) is 27.2 Å². The number of hydrogen-bond acceptors (Lipinski definition) is 3. The molecule has 0 aliphatic heterocycles. The van der Waals surface area contributed by atoms with Gasteiger partial charge < -0.3 is 15.2 Å². The van der Waals surface area contributed by atoms with Gasteiger partial charge in [0.15, 0.2) is 6.10 Å². The van der Waals surface area contributed by atoms with Gasteiger partial charge in [0, 0.05) is 6.54 Å². The van der Waals surface area contributed by atoms with Gasteiger partial charge in [0.2, 0.25) is 0 Å². The number of hydrogen-bond donors (Lipinski definition) is 2. The van der Waals surface area contributed by atoms with Crippen molar-refractivity contribution in [1.29, 1.82) is 0 Å². The molecule has 0 aromatic carbocycles. The normalized spacial score (nSPS) is 14.4. The molecule has 0 rings (SSSR count). The summed E-state index contributed by atoms with van der Waals surface area (Å²) in [5.41, 5.74) is -0.702. The van der Waals surface area contributed by atoms with Crippen molar-refractivity contribution in [2.75, 3.05) is 6.54 Å². The molecule has 0 aromatic rings. The number of alkyl carbamates (subject to hydrolysis) is 1. The number of alkyl halides is 3. The summed E-state index contributed by atoms with van der Waals surface area (Å²) >= 11 is 0. The zero-order chi connectivity index (χ0) is 13.0. The van der Waals surface area contributed by atoms with Crippen molar-refractivity contribution < 1.29 is 27.8 Å². The van der Waals surface area contributed by atoms with E-state index in [1.165, 1.54) is 0 Å². The van der Waals surface area contributed by atoms with Gasteiger partial charge in [0.1, 0.15) is 5.60 Å². The average molecular weight is 243 g/mol. The van der Waals surface area contributed by atoms with Crippen molar-refractivity contribution >= 4 is 6.09 Å². The van der Waals surface area contributed by atoms with Gasteiger partial charge in [-0.1, -0.05) is 0 Å². The number of nitrogens with one attached hydrogen (secondary N) is 1. The Labute approximate surface area is 91.8 Å². The smallest absolute Gasteiger partial charge is 0.414 e. The Kier molecular flexibility index (Phi) is 5.05. The second-order valence-corrected chi connectivity index (χ2v) is 4.27. The van der Waals surface area contributed by atoms with E-state index in [1.807, 2.05) is 0 Å². The lowest BCUT2D eigenvalue weighted by Gasteiger charge is -2.20. The fourth-order valence-electron chi connectivity index (χ4n) is 0.789. The first kappa shape index (κ1) is 15.0. The molecule has 0 heterocycles. The van der Waals surface area contributed by atoms with Gasteiger partial charge in [-0.15, -0.1) is 0 Å². The number of carbonyl (C=O) groups is 1. The van der Waals surface area contributed by atoms with Gasteiger partial charge in [0.25, 0.3) is 0 Å². The maximum atomic E-state index is 11.9. The molecular formula is C9H16F3NO3. The summed E-state index contributed by atoms with van der Waals surface area (Å²) in [6, 6.07) is 0. The summed E-state index contributed by atoms with van der Waals surface area (Å²) in [4.78, 5) is 11.0. The number of ether oxygens (including phenoxy) is 1. The lowest BCUT2D eigenvalue weighted by atomic mass is 10.2. The van der Waals surface area contributed by atoms with Crippen LogP contribution in [0, 0.1) is 0 Å². The standard InChI is InChI=1S/C9H16F3NO3/c1-8(2,3)16-7(15)13-5-4-6(14)9(10,11)12/h6,14H,4-5H2,1-3H3,(H,13,15). The van der Waals surface area contributed by atoms with Gasteiger partial charge in [0.05, 0.1) is 0 Å². The van der Waals surface area contributed by atoms with Crippen molar-refractivity contribution in [2.45, 2.75) is 45.1 Å². The monoisotopic (exact) mass is 243 g/mol. The number of amides is 1. The summed E-state index contributed by atoms with van der Waals surface area (Å²) in [5.74, 6) is 0. The van der Waals surface area contributed by atoms with E-state index in [1.54, 1.807) is 20.8 Å². The van der Waals surface area contributed by atoms with Crippen molar-refractivity contribution in [3.63, 3.8) is 0 Å². The Morgan fingerprint density at radius 1 is 1.38 bits per heavy atom. The minimum Gasteiger partial charge on any atom is -0.444 e. The number of aliphatic hydroxyl groups excluding tert-OH is 1. The zero-order valence-electron chi connectivity index (χ0n) is 9.39. The quantitative estimate of drug-likeness (QED) is 0.795. The van der Waals surface area contributed by atoms with E-state index < -0.39 is 30.4 Å². The lowest BCUT2D eigenvalue weighted by Crippen LogP contribution is -2.36. The van der Waals surface area contributed by atoms with Crippen LogP contribution in [0.3, 0.4) is 0 Å². The van der Waals surface area contributed by atoms with Crippen LogP contribution < -0.4 is 5.32 Å². The maximum Gasteiger partial charge on any atom is 0.414 e. The van der Waals surface area contributed by atoms with Gasteiger partial charge in [-0.25, -0.2) is 4.79 Å². The van der Waals surface area contributed by atoms with Crippen molar-refractivity contribution in [1.82, 2.24) is 5.32 Å². The third-order valence-electron chi connectivity index (χ3n) is 1.46. The van der Waals surface area contributed by atoms with Crippen LogP contribution in [-0.4, -0.2) is 35.6 Å². The van der Waals surface area contributed by atoms with Crippen LogP contribution in [0.2, 0.25) is 0 Å². The first-order valence-corrected chi connectivity index (χ1v) is 4.74. The van der Waals surface area contributed by atoms with Crippen LogP contribution in [0.4, 0.5) is 18.0 Å². The van der Waals surface area contributed by atoms with Gasteiger partial charge in [-0.2, -0.15) is 13.2 Å². The highest BCUT2D eigenvalue weighted by Gasteiger charge is 2.37. The minimum atomic E-state index is -4.66. The molecule has 7 heteroatoms. The van der Waals surface area contributed by atoms with Gasteiger partial charge in [-0.3, -0.25) is 0 Å². The molecule has 2 N–H and O–H groups in total. The van der Waals surface area contributed by atoms with E-state index in [-0.39, 0.29) is 6.54 Å². The average Bonchev–Trinajstić information content (AvgIpc) is 1.98. The Morgan fingerprint density at radius 3 is 2.25 bits per heavy atom. The van der Waals surface area contributed by atoms with Crippen molar-refractivity contribution in [3.8, 4) is 0 Å². The van der Waals surface area contributed by atoms with E-state index >= 15 is 0 Å². The molecule has 0 fully saturated rings. The molecule has 0 radical (unpaired) electrons. The first-order valence-electron chi connectivity index (χ1n) is 4.74. The zero-order valence-corrected chi connectivity index (χ0v) is 9.39. The van der Waals surface area contributed by atoms with Crippen LogP contribution in [0.25, 0.3) is 0 Å². The van der Waals surface area contributed by atoms with E-state index in [2.05, 4.69) is 5.32 Å². The molecular weight excluding hydrogens is 227 g/mol. The number of rotatable bonds is 3. The highest BCUT2D eigenvalue weighted by atomic mass is 19.4. The first-order chi connectivity index (χ1) is 7.02. The second-order valence-electron chi connectivity index (χ2n) is 4.27. The maximum absolute atomic E-state index is 11.9. The summed E-state index contributed by atoms with van der Waals surface area (Å²) in [6.07, 6.45) is -8.48. The van der Waals surface area contributed by atoms with Crippen molar-refractivity contribution in [2.24, 2.45) is 0 Å². The van der Waals surface area contributed by atoms with Crippen molar-refractivity contribution in [3.05, 3.63) is 0 Å². The molecule has 0 aromatic heterocycles. The largest absolute Gasteiger partial charge is 0.444 e. The predicted octanol–water partition coefficient (Wildman–Crippen LogP) is 1.82. The summed E-state index contributed by atoms with van der Waals surface area (Å²) in [7, 11) is 0. The van der Waals surface area contributed by atoms with Gasteiger partial charge >= 0.3 is 12.3 Å². The second kappa shape index (κ2) is 5.38. The lowest BCUT2D eigenvalue weighted by molar-refractivity contribution is -0.204. The third kappa shape index (κ3) is 7.33. The molecule has 16 heavy (non-hydrogen) atoms. The highest BCUT2D eigenvalue weighted by Crippen LogP contribution is 2.21. The predicted molar refractivity (Wildman–Crippen MR) is 50.9 cm³/mol. The van der Waals surface area contributed by atoms with Crippen LogP contribution in [0.5, 0.6) is 0 Å². The van der Waals surface area contributed by atoms with Gasteiger partial charge in [-0.05, 0) is 27.2 Å². The fraction of sp³-hybridized carbons (Fsp3) is 0.889. The van der Waals surface area contributed by atoms with Crippen LogP contribution >= 0.6 is 0 Å². The molecule has 4 nitrogen and oxygen atoms in total. The molecule has 0 aliphatic carbocycles. The molecule has 0 saturated heterocycles. The number of aliphatic hydroxyl groups is 1. The molecule has 96 valence electrons. The molecule has 1 atom stereocenters. The summed E-state index contributed by atoms with van der Waals surface area (Å²) < 4.78 is 40.3. The molecule has 0 spiro atoms. The molecule has 1 amide bonds. The topological polar surface area (TPSA) is 58.6 Å². The highest BCUT2D eigenvalue weighted by molar-refractivity contribution is 5.67. The molecule has 0 bridgehead atoms. The molecule has 1 unspecified atom stereocenters.